The molecule has 0 spiro atoms. The van der Waals surface area contributed by atoms with E-state index in [0.717, 1.165) is 10.0 Å². The third-order valence-corrected chi connectivity index (χ3v) is 2.94. The Kier molecular flexibility index (Phi) is 3.19. The van der Waals surface area contributed by atoms with Gasteiger partial charge in [0.05, 0.1) is 11.3 Å². The van der Waals surface area contributed by atoms with Crippen molar-refractivity contribution in [3.63, 3.8) is 0 Å². The molecule has 2 aromatic heterocycles. The minimum atomic E-state index is -0.100. The van der Waals surface area contributed by atoms with E-state index >= 15 is 0 Å². The van der Waals surface area contributed by atoms with E-state index in [2.05, 4.69) is 25.9 Å². The number of halogens is 1. The quantitative estimate of drug-likeness (QED) is 0.864. The number of ketones is 1. The number of nitrogen functional groups attached to an aromatic ring is 1. The van der Waals surface area contributed by atoms with Gasteiger partial charge in [-0.05, 0) is 41.1 Å². The standard InChI is InChI=1S/C12H10BrN3O/c1-7(17)9-6-10(13)11(16-12(9)14)8-2-4-15-5-3-8/h2-6H,1H3,(H2,14,16). The van der Waals surface area contributed by atoms with Crippen molar-refractivity contribution >= 4 is 27.5 Å². The second-order valence-electron chi connectivity index (χ2n) is 3.54. The zero-order valence-electron chi connectivity index (χ0n) is 9.14. The molecule has 0 fully saturated rings. The van der Waals surface area contributed by atoms with E-state index in [9.17, 15) is 4.79 Å². The summed E-state index contributed by atoms with van der Waals surface area (Å²) in [6, 6.07) is 5.36. The molecule has 0 radical (unpaired) electrons. The first-order valence-corrected chi connectivity index (χ1v) is 5.76. The van der Waals surface area contributed by atoms with Crippen molar-refractivity contribution in [2.24, 2.45) is 0 Å². The molecule has 5 heteroatoms. The highest BCUT2D eigenvalue weighted by atomic mass is 79.9. The average molecular weight is 292 g/mol. The van der Waals surface area contributed by atoms with E-state index in [-0.39, 0.29) is 11.6 Å². The molecule has 0 amide bonds. The Hall–Kier alpha value is -1.75. The molecule has 0 unspecified atom stereocenters. The van der Waals surface area contributed by atoms with Crippen LogP contribution < -0.4 is 5.73 Å². The van der Waals surface area contributed by atoms with Crippen LogP contribution in [0.4, 0.5) is 5.82 Å². The molecule has 0 aliphatic rings. The van der Waals surface area contributed by atoms with E-state index in [4.69, 9.17) is 5.73 Å². The lowest BCUT2D eigenvalue weighted by molar-refractivity contribution is 0.101. The Morgan fingerprint density at radius 1 is 1.35 bits per heavy atom. The second kappa shape index (κ2) is 4.63. The van der Waals surface area contributed by atoms with Gasteiger partial charge in [0.2, 0.25) is 0 Å². The summed E-state index contributed by atoms with van der Waals surface area (Å²) in [6.07, 6.45) is 3.36. The molecule has 0 bridgehead atoms. The smallest absolute Gasteiger partial charge is 0.163 e. The predicted octanol–water partition coefficient (Wildman–Crippen LogP) is 2.69. The van der Waals surface area contributed by atoms with E-state index in [1.165, 1.54) is 6.92 Å². The maximum absolute atomic E-state index is 11.3. The number of hydrogen-bond acceptors (Lipinski definition) is 4. The maximum Gasteiger partial charge on any atom is 0.163 e. The summed E-state index contributed by atoms with van der Waals surface area (Å²) in [7, 11) is 0. The molecule has 86 valence electrons. The van der Waals surface area contributed by atoms with Crippen LogP contribution in [0.1, 0.15) is 17.3 Å². The number of nitrogens with two attached hydrogens (primary N) is 1. The van der Waals surface area contributed by atoms with Crippen LogP contribution in [0.5, 0.6) is 0 Å². The summed E-state index contributed by atoms with van der Waals surface area (Å²) < 4.78 is 0.739. The molecule has 2 N–H and O–H groups in total. The van der Waals surface area contributed by atoms with Crippen LogP contribution in [-0.2, 0) is 0 Å². The lowest BCUT2D eigenvalue weighted by Crippen LogP contribution is -2.03. The SMILES string of the molecule is CC(=O)c1cc(Br)c(-c2ccncc2)nc1N. The molecule has 0 aromatic carbocycles. The van der Waals surface area contributed by atoms with E-state index in [1.807, 2.05) is 12.1 Å². The Balaban J connectivity index is 2.58. The van der Waals surface area contributed by atoms with Crippen LogP contribution in [0.15, 0.2) is 35.1 Å². The van der Waals surface area contributed by atoms with Crippen LogP contribution >= 0.6 is 15.9 Å². The van der Waals surface area contributed by atoms with Crippen LogP contribution in [0, 0.1) is 0 Å². The average Bonchev–Trinajstić information content (AvgIpc) is 2.32. The van der Waals surface area contributed by atoms with Crippen molar-refractivity contribution in [1.29, 1.82) is 0 Å². The van der Waals surface area contributed by atoms with E-state index < -0.39 is 0 Å². The van der Waals surface area contributed by atoms with Crippen LogP contribution in [0.3, 0.4) is 0 Å². The molecule has 2 rings (SSSR count). The van der Waals surface area contributed by atoms with Crippen molar-refractivity contribution in [1.82, 2.24) is 9.97 Å². The molecule has 0 aliphatic carbocycles. The third-order valence-electron chi connectivity index (χ3n) is 2.34. The maximum atomic E-state index is 11.3. The zero-order valence-corrected chi connectivity index (χ0v) is 10.7. The number of carbonyl (C=O) groups is 1. The summed E-state index contributed by atoms with van der Waals surface area (Å²) in [5, 5.41) is 0. The molecule has 0 saturated heterocycles. The molecule has 17 heavy (non-hydrogen) atoms. The second-order valence-corrected chi connectivity index (χ2v) is 4.40. The fraction of sp³-hybridized carbons (Fsp3) is 0.0833. The lowest BCUT2D eigenvalue weighted by Gasteiger charge is -2.07. The molecule has 4 nitrogen and oxygen atoms in total. The molecule has 0 saturated carbocycles. The van der Waals surface area contributed by atoms with Gasteiger partial charge in [-0.25, -0.2) is 4.98 Å². The van der Waals surface area contributed by atoms with Gasteiger partial charge in [0.25, 0.3) is 0 Å². The normalized spacial score (nSPS) is 10.2. The van der Waals surface area contributed by atoms with Crippen molar-refractivity contribution in [3.8, 4) is 11.3 Å². The minimum Gasteiger partial charge on any atom is -0.383 e. The fourth-order valence-corrected chi connectivity index (χ4v) is 2.04. The van der Waals surface area contributed by atoms with Crippen molar-refractivity contribution < 1.29 is 4.79 Å². The highest BCUT2D eigenvalue weighted by Crippen LogP contribution is 2.29. The number of nitrogens with zero attached hydrogens (tertiary/aromatic N) is 2. The van der Waals surface area contributed by atoms with Gasteiger partial charge in [-0.3, -0.25) is 9.78 Å². The third kappa shape index (κ3) is 2.34. The van der Waals surface area contributed by atoms with Gasteiger partial charge in [-0.1, -0.05) is 0 Å². The first-order chi connectivity index (χ1) is 8.09. The molecule has 0 aliphatic heterocycles. The fourth-order valence-electron chi connectivity index (χ4n) is 1.50. The number of Topliss-reactive ketones (excluding diaryl/α,β-unsaturated/α-hetero) is 1. The predicted molar refractivity (Wildman–Crippen MR) is 69.6 cm³/mol. The molecule has 2 heterocycles. The van der Waals surface area contributed by atoms with Gasteiger partial charge in [0, 0.05) is 22.4 Å². The first-order valence-electron chi connectivity index (χ1n) is 4.97. The number of aromatic nitrogens is 2. The Bertz CT molecular complexity index is 569. The van der Waals surface area contributed by atoms with Gasteiger partial charge < -0.3 is 5.73 Å². The van der Waals surface area contributed by atoms with Crippen molar-refractivity contribution in [2.75, 3.05) is 5.73 Å². The van der Waals surface area contributed by atoms with Gasteiger partial charge in [0.15, 0.2) is 5.78 Å². The number of carbonyl (C=O) groups excluding carboxylic acids is 1. The van der Waals surface area contributed by atoms with Crippen LogP contribution in [0.2, 0.25) is 0 Å². The minimum absolute atomic E-state index is 0.100. The topological polar surface area (TPSA) is 68.9 Å². The monoisotopic (exact) mass is 291 g/mol. The zero-order chi connectivity index (χ0) is 12.4. The van der Waals surface area contributed by atoms with Crippen LogP contribution in [0.25, 0.3) is 11.3 Å². The molecule has 0 atom stereocenters. The largest absolute Gasteiger partial charge is 0.383 e. The highest BCUT2D eigenvalue weighted by Gasteiger charge is 2.12. The Morgan fingerprint density at radius 2 is 2.00 bits per heavy atom. The van der Waals surface area contributed by atoms with Gasteiger partial charge >= 0.3 is 0 Å². The van der Waals surface area contributed by atoms with Gasteiger partial charge in [-0.15, -0.1) is 0 Å². The van der Waals surface area contributed by atoms with Crippen molar-refractivity contribution in [2.45, 2.75) is 6.92 Å². The number of anilines is 1. The number of pyridine rings is 2. The first kappa shape index (κ1) is 11.7. The van der Waals surface area contributed by atoms with E-state index in [0.29, 0.717) is 11.3 Å². The summed E-state index contributed by atoms with van der Waals surface area (Å²) in [6.45, 7) is 1.46. The summed E-state index contributed by atoms with van der Waals surface area (Å²) in [5.41, 5.74) is 7.79. The van der Waals surface area contributed by atoms with Gasteiger partial charge in [0.1, 0.15) is 5.82 Å². The lowest BCUT2D eigenvalue weighted by atomic mass is 10.1. The summed E-state index contributed by atoms with van der Waals surface area (Å²) in [5.74, 6) is 0.143. The van der Waals surface area contributed by atoms with Gasteiger partial charge in [-0.2, -0.15) is 0 Å². The molecular formula is C12H10BrN3O. The van der Waals surface area contributed by atoms with Crippen LogP contribution in [-0.4, -0.2) is 15.8 Å². The van der Waals surface area contributed by atoms with Crippen molar-refractivity contribution in [3.05, 3.63) is 40.6 Å². The Morgan fingerprint density at radius 3 is 2.59 bits per heavy atom. The highest BCUT2D eigenvalue weighted by molar-refractivity contribution is 9.10. The summed E-state index contributed by atoms with van der Waals surface area (Å²) in [4.78, 5) is 19.5. The Labute approximate surface area is 107 Å². The molecule has 2 aromatic rings. The summed E-state index contributed by atoms with van der Waals surface area (Å²) >= 11 is 3.40. The van der Waals surface area contributed by atoms with E-state index in [1.54, 1.807) is 18.5 Å². The number of rotatable bonds is 2. The molecular weight excluding hydrogens is 282 g/mol. The number of hydrogen-bond donors (Lipinski definition) is 1.